The van der Waals surface area contributed by atoms with Crippen LogP contribution in [0, 0.1) is 11.8 Å². The van der Waals surface area contributed by atoms with E-state index in [1.807, 2.05) is 0 Å². The minimum Gasteiger partial charge on any atom is -0.312 e. The molecule has 2 saturated heterocycles. The van der Waals surface area contributed by atoms with E-state index in [4.69, 9.17) is 0 Å². The van der Waals surface area contributed by atoms with Gasteiger partial charge >= 0.3 is 0 Å². The smallest absolute Gasteiger partial charge is 0.0250 e. The summed E-state index contributed by atoms with van der Waals surface area (Å²) in [7, 11) is 0. The first-order valence-electron chi connectivity index (χ1n) is 8.30. The summed E-state index contributed by atoms with van der Waals surface area (Å²) in [6.45, 7) is 6.42. The summed E-state index contributed by atoms with van der Waals surface area (Å²) >= 11 is 0. The molecule has 1 saturated carbocycles. The van der Waals surface area contributed by atoms with Crippen molar-refractivity contribution >= 4 is 0 Å². The van der Waals surface area contributed by atoms with Gasteiger partial charge in [0.25, 0.3) is 0 Å². The van der Waals surface area contributed by atoms with Crippen LogP contribution in [0.25, 0.3) is 0 Å². The Labute approximate surface area is 113 Å². The van der Waals surface area contributed by atoms with Crippen LogP contribution < -0.4 is 5.32 Å². The third-order valence-corrected chi connectivity index (χ3v) is 5.61. The molecule has 0 aromatic heterocycles. The van der Waals surface area contributed by atoms with Crippen LogP contribution in [0.3, 0.4) is 0 Å². The van der Waals surface area contributed by atoms with E-state index in [0.29, 0.717) is 0 Å². The fourth-order valence-electron chi connectivity index (χ4n) is 4.62. The zero-order chi connectivity index (χ0) is 12.4. The lowest BCUT2D eigenvalue weighted by Gasteiger charge is -2.28. The van der Waals surface area contributed by atoms with Crippen molar-refractivity contribution in [2.45, 2.75) is 70.4 Å². The predicted molar refractivity (Wildman–Crippen MR) is 76.7 cm³/mol. The van der Waals surface area contributed by atoms with Crippen molar-refractivity contribution in [1.29, 1.82) is 0 Å². The van der Waals surface area contributed by atoms with Gasteiger partial charge in [-0.25, -0.2) is 0 Å². The van der Waals surface area contributed by atoms with Crippen molar-refractivity contribution in [1.82, 2.24) is 10.2 Å². The maximum absolute atomic E-state index is 3.87. The molecule has 0 radical (unpaired) electrons. The molecule has 2 nitrogen and oxygen atoms in total. The molecule has 4 unspecified atom stereocenters. The standard InChI is InChI=1S/C16H30N2/c1-13-4-2-5-14(12-13)7-9-17-15-8-11-18-10-3-6-16(15)18/h13-17H,2-12H2,1H3. The van der Waals surface area contributed by atoms with E-state index in [0.717, 1.165) is 23.9 Å². The summed E-state index contributed by atoms with van der Waals surface area (Å²) in [6, 6.07) is 1.70. The van der Waals surface area contributed by atoms with Crippen LogP contribution >= 0.6 is 0 Å². The van der Waals surface area contributed by atoms with Gasteiger partial charge < -0.3 is 5.32 Å². The average Bonchev–Trinajstić information content (AvgIpc) is 2.93. The second kappa shape index (κ2) is 5.92. The average molecular weight is 250 g/mol. The first kappa shape index (κ1) is 12.9. The lowest BCUT2D eigenvalue weighted by molar-refractivity contribution is 0.258. The minimum atomic E-state index is 0.813. The molecule has 18 heavy (non-hydrogen) atoms. The van der Waals surface area contributed by atoms with Gasteiger partial charge in [0.2, 0.25) is 0 Å². The van der Waals surface area contributed by atoms with E-state index >= 15 is 0 Å². The zero-order valence-electron chi connectivity index (χ0n) is 12.0. The Hall–Kier alpha value is -0.0800. The Morgan fingerprint density at radius 3 is 2.89 bits per heavy atom. The van der Waals surface area contributed by atoms with Crippen molar-refractivity contribution in [3.63, 3.8) is 0 Å². The quantitative estimate of drug-likeness (QED) is 0.825. The second-order valence-electron chi connectivity index (χ2n) is 7.02. The maximum Gasteiger partial charge on any atom is 0.0250 e. The highest BCUT2D eigenvalue weighted by molar-refractivity contribution is 4.95. The fourth-order valence-corrected chi connectivity index (χ4v) is 4.62. The Bertz CT molecular complexity index is 266. The van der Waals surface area contributed by atoms with Crippen molar-refractivity contribution in [2.24, 2.45) is 11.8 Å². The first-order chi connectivity index (χ1) is 8.83. The van der Waals surface area contributed by atoms with Gasteiger partial charge in [0.1, 0.15) is 0 Å². The van der Waals surface area contributed by atoms with Crippen molar-refractivity contribution in [3.05, 3.63) is 0 Å². The molecule has 1 N–H and O–H groups in total. The highest BCUT2D eigenvalue weighted by Gasteiger charge is 2.36. The molecule has 0 aromatic rings. The van der Waals surface area contributed by atoms with Crippen LogP contribution in [-0.2, 0) is 0 Å². The second-order valence-corrected chi connectivity index (χ2v) is 7.02. The number of hydrogen-bond acceptors (Lipinski definition) is 2. The molecule has 2 heterocycles. The minimum absolute atomic E-state index is 0.813. The van der Waals surface area contributed by atoms with Gasteiger partial charge in [-0.2, -0.15) is 0 Å². The van der Waals surface area contributed by atoms with Crippen molar-refractivity contribution in [2.75, 3.05) is 19.6 Å². The Morgan fingerprint density at radius 1 is 1.06 bits per heavy atom. The van der Waals surface area contributed by atoms with Crippen LogP contribution in [0.2, 0.25) is 0 Å². The molecule has 3 rings (SSSR count). The number of nitrogens with one attached hydrogen (secondary N) is 1. The first-order valence-corrected chi connectivity index (χ1v) is 8.30. The van der Waals surface area contributed by atoms with Gasteiger partial charge in [-0.3, -0.25) is 4.90 Å². The summed E-state index contributed by atoms with van der Waals surface area (Å²) in [5.74, 6) is 2.00. The summed E-state index contributed by atoms with van der Waals surface area (Å²) in [4.78, 5) is 2.71. The summed E-state index contributed by atoms with van der Waals surface area (Å²) in [6.07, 6.45) is 11.6. The van der Waals surface area contributed by atoms with Gasteiger partial charge in [-0.15, -0.1) is 0 Å². The molecule has 2 aliphatic heterocycles. The van der Waals surface area contributed by atoms with E-state index in [1.165, 1.54) is 71.0 Å². The van der Waals surface area contributed by atoms with Gasteiger partial charge in [-0.05, 0) is 57.0 Å². The normalized spacial score (nSPS) is 41.2. The van der Waals surface area contributed by atoms with Gasteiger partial charge in [-0.1, -0.05) is 26.2 Å². The zero-order valence-corrected chi connectivity index (χ0v) is 12.0. The molecule has 0 amide bonds. The Morgan fingerprint density at radius 2 is 2.00 bits per heavy atom. The van der Waals surface area contributed by atoms with Crippen LogP contribution in [0.1, 0.15) is 58.3 Å². The van der Waals surface area contributed by atoms with E-state index in [2.05, 4.69) is 17.1 Å². The van der Waals surface area contributed by atoms with E-state index in [1.54, 1.807) is 0 Å². The van der Waals surface area contributed by atoms with Gasteiger partial charge in [0.05, 0.1) is 0 Å². The summed E-state index contributed by atoms with van der Waals surface area (Å²) in [5.41, 5.74) is 0. The largest absolute Gasteiger partial charge is 0.312 e. The fraction of sp³-hybridized carbons (Fsp3) is 1.00. The van der Waals surface area contributed by atoms with Gasteiger partial charge in [0.15, 0.2) is 0 Å². The lowest BCUT2D eigenvalue weighted by Crippen LogP contribution is -2.40. The van der Waals surface area contributed by atoms with Crippen molar-refractivity contribution in [3.8, 4) is 0 Å². The molecule has 0 bridgehead atoms. The van der Waals surface area contributed by atoms with E-state index < -0.39 is 0 Å². The maximum atomic E-state index is 3.87. The predicted octanol–water partition coefficient (Wildman–Crippen LogP) is 3.03. The molecule has 0 spiro atoms. The number of fused-ring (bicyclic) bond motifs is 1. The van der Waals surface area contributed by atoms with Crippen molar-refractivity contribution < 1.29 is 0 Å². The molecular weight excluding hydrogens is 220 g/mol. The number of hydrogen-bond donors (Lipinski definition) is 1. The number of nitrogens with zero attached hydrogens (tertiary/aromatic N) is 1. The molecule has 104 valence electrons. The van der Waals surface area contributed by atoms with Crippen LogP contribution in [-0.4, -0.2) is 36.6 Å². The highest BCUT2D eigenvalue weighted by atomic mass is 15.2. The highest BCUT2D eigenvalue weighted by Crippen LogP contribution is 2.31. The third kappa shape index (κ3) is 2.91. The summed E-state index contributed by atoms with van der Waals surface area (Å²) < 4.78 is 0. The SMILES string of the molecule is CC1CCCC(CCNC2CCN3CCCC23)C1. The van der Waals surface area contributed by atoms with Crippen LogP contribution in [0.15, 0.2) is 0 Å². The third-order valence-electron chi connectivity index (χ3n) is 5.61. The molecule has 3 aliphatic rings. The lowest BCUT2D eigenvalue weighted by atomic mass is 9.81. The molecule has 1 aliphatic carbocycles. The van der Waals surface area contributed by atoms with E-state index in [-0.39, 0.29) is 0 Å². The number of rotatable bonds is 4. The van der Waals surface area contributed by atoms with Gasteiger partial charge in [0, 0.05) is 18.6 Å². The monoisotopic (exact) mass is 250 g/mol. The molecular formula is C16H30N2. The molecule has 0 aromatic carbocycles. The van der Waals surface area contributed by atoms with Crippen LogP contribution in [0.4, 0.5) is 0 Å². The van der Waals surface area contributed by atoms with Crippen LogP contribution in [0.5, 0.6) is 0 Å². The molecule has 4 atom stereocenters. The molecule has 2 heteroatoms. The Balaban J connectivity index is 1.37. The topological polar surface area (TPSA) is 15.3 Å². The Kier molecular flexibility index (Phi) is 4.25. The summed E-state index contributed by atoms with van der Waals surface area (Å²) in [5, 5.41) is 3.87. The van der Waals surface area contributed by atoms with E-state index in [9.17, 15) is 0 Å². The molecule has 3 fully saturated rings.